The van der Waals surface area contributed by atoms with E-state index in [1.165, 1.54) is 25.9 Å². The van der Waals surface area contributed by atoms with E-state index in [9.17, 15) is 0 Å². The molecule has 1 aliphatic rings. The van der Waals surface area contributed by atoms with Crippen molar-refractivity contribution in [3.05, 3.63) is 33.8 Å². The summed E-state index contributed by atoms with van der Waals surface area (Å²) in [4.78, 5) is 2.59. The van der Waals surface area contributed by atoms with Gasteiger partial charge in [-0.3, -0.25) is 4.90 Å². The van der Waals surface area contributed by atoms with Crippen molar-refractivity contribution in [2.24, 2.45) is 0 Å². The standard InChI is InChI=1S/C16H24Cl2N2/c1-4-16(2,20-10-5-6-11-20)15(19-3)12-8-7-9-13(17)14(12)18/h7-9,15,19H,4-6,10-11H2,1-3H3. The molecule has 1 aromatic rings. The van der Waals surface area contributed by atoms with Gasteiger partial charge in [0.15, 0.2) is 0 Å². The van der Waals surface area contributed by atoms with Gasteiger partial charge in [-0.1, -0.05) is 42.3 Å². The van der Waals surface area contributed by atoms with E-state index in [1.54, 1.807) is 0 Å². The first-order chi connectivity index (χ1) is 9.54. The number of hydrogen-bond donors (Lipinski definition) is 1. The Labute approximate surface area is 132 Å². The van der Waals surface area contributed by atoms with E-state index >= 15 is 0 Å². The lowest BCUT2D eigenvalue weighted by atomic mass is 9.83. The molecule has 0 bridgehead atoms. The zero-order valence-corrected chi connectivity index (χ0v) is 14.1. The van der Waals surface area contributed by atoms with Crippen LogP contribution in [0.3, 0.4) is 0 Å². The van der Waals surface area contributed by atoms with Crippen LogP contribution in [-0.4, -0.2) is 30.6 Å². The third kappa shape index (κ3) is 2.85. The Hall–Kier alpha value is -0.280. The molecule has 0 aromatic heterocycles. The highest BCUT2D eigenvalue weighted by molar-refractivity contribution is 6.42. The monoisotopic (exact) mass is 314 g/mol. The van der Waals surface area contributed by atoms with Gasteiger partial charge in [0, 0.05) is 5.54 Å². The van der Waals surface area contributed by atoms with Crippen molar-refractivity contribution in [1.29, 1.82) is 0 Å². The first-order valence-electron chi connectivity index (χ1n) is 7.40. The molecule has 1 saturated heterocycles. The predicted molar refractivity (Wildman–Crippen MR) is 87.8 cm³/mol. The maximum atomic E-state index is 6.45. The predicted octanol–water partition coefficient (Wildman–Crippen LogP) is 4.52. The summed E-state index contributed by atoms with van der Waals surface area (Å²) in [5.74, 6) is 0. The lowest BCUT2D eigenvalue weighted by Crippen LogP contribution is -2.52. The van der Waals surface area contributed by atoms with Crippen molar-refractivity contribution in [1.82, 2.24) is 10.2 Å². The molecule has 2 nitrogen and oxygen atoms in total. The summed E-state index contributed by atoms with van der Waals surface area (Å²) in [7, 11) is 2.01. The number of hydrogen-bond acceptors (Lipinski definition) is 2. The lowest BCUT2D eigenvalue weighted by molar-refractivity contribution is 0.0873. The summed E-state index contributed by atoms with van der Waals surface area (Å²) < 4.78 is 0. The molecular weight excluding hydrogens is 291 g/mol. The first-order valence-corrected chi connectivity index (χ1v) is 8.16. The number of benzene rings is 1. The molecule has 1 aliphatic heterocycles. The van der Waals surface area contributed by atoms with Crippen LogP contribution < -0.4 is 5.32 Å². The zero-order valence-electron chi connectivity index (χ0n) is 12.5. The molecule has 1 N–H and O–H groups in total. The van der Waals surface area contributed by atoms with E-state index in [1.807, 2.05) is 19.2 Å². The normalized spacial score (nSPS) is 20.9. The maximum absolute atomic E-state index is 6.45. The Morgan fingerprint density at radius 3 is 2.50 bits per heavy atom. The molecular formula is C16H24Cl2N2. The van der Waals surface area contributed by atoms with E-state index in [-0.39, 0.29) is 11.6 Å². The molecule has 2 rings (SSSR count). The molecule has 1 heterocycles. The second-order valence-corrected chi connectivity index (χ2v) is 6.55. The highest BCUT2D eigenvalue weighted by atomic mass is 35.5. The zero-order chi connectivity index (χ0) is 14.8. The van der Waals surface area contributed by atoms with Gasteiger partial charge in [0.1, 0.15) is 0 Å². The SMILES string of the molecule is CCC(C)(C(NC)c1cccc(Cl)c1Cl)N1CCCC1. The average molecular weight is 315 g/mol. The summed E-state index contributed by atoms with van der Waals surface area (Å²) in [6, 6.07) is 6.09. The van der Waals surface area contributed by atoms with Crippen LogP contribution in [-0.2, 0) is 0 Å². The van der Waals surface area contributed by atoms with Gasteiger partial charge < -0.3 is 5.32 Å². The fourth-order valence-electron chi connectivity index (χ4n) is 3.38. The Morgan fingerprint density at radius 1 is 1.30 bits per heavy atom. The van der Waals surface area contributed by atoms with Crippen molar-refractivity contribution in [2.75, 3.05) is 20.1 Å². The number of rotatable bonds is 5. The smallest absolute Gasteiger partial charge is 0.0640 e. The van der Waals surface area contributed by atoms with E-state index in [4.69, 9.17) is 23.2 Å². The van der Waals surface area contributed by atoms with Crippen LogP contribution in [0.4, 0.5) is 0 Å². The average Bonchev–Trinajstić information content (AvgIpc) is 2.98. The van der Waals surface area contributed by atoms with Gasteiger partial charge in [0.2, 0.25) is 0 Å². The van der Waals surface area contributed by atoms with Crippen LogP contribution >= 0.6 is 23.2 Å². The van der Waals surface area contributed by atoms with Crippen LogP contribution in [0, 0.1) is 0 Å². The molecule has 1 fully saturated rings. The summed E-state index contributed by atoms with van der Waals surface area (Å²) in [6.07, 6.45) is 3.64. The highest BCUT2D eigenvalue weighted by Crippen LogP contribution is 2.40. The second kappa shape index (κ2) is 6.65. The van der Waals surface area contributed by atoms with Crippen LogP contribution in [0.25, 0.3) is 0 Å². The molecule has 0 aliphatic carbocycles. The topological polar surface area (TPSA) is 15.3 Å². The number of likely N-dealkylation sites (N-methyl/N-ethyl adjacent to an activating group) is 1. The molecule has 20 heavy (non-hydrogen) atoms. The Morgan fingerprint density at radius 2 is 1.95 bits per heavy atom. The Kier molecular flexibility index (Phi) is 5.36. The molecule has 0 saturated carbocycles. The van der Waals surface area contributed by atoms with Gasteiger partial charge in [-0.2, -0.15) is 0 Å². The van der Waals surface area contributed by atoms with Gasteiger partial charge in [-0.15, -0.1) is 0 Å². The van der Waals surface area contributed by atoms with E-state index in [0.717, 1.165) is 12.0 Å². The second-order valence-electron chi connectivity index (χ2n) is 5.77. The van der Waals surface area contributed by atoms with Gasteiger partial charge in [-0.05, 0) is 58.0 Å². The molecule has 0 amide bonds. The summed E-state index contributed by atoms with van der Waals surface area (Å²) >= 11 is 12.6. The van der Waals surface area contributed by atoms with Crippen LogP contribution in [0.2, 0.25) is 10.0 Å². The fraction of sp³-hybridized carbons (Fsp3) is 0.625. The summed E-state index contributed by atoms with van der Waals surface area (Å²) in [6.45, 7) is 6.92. The number of halogens is 2. The Bertz CT molecular complexity index is 458. The van der Waals surface area contributed by atoms with Gasteiger partial charge >= 0.3 is 0 Å². The molecule has 0 radical (unpaired) electrons. The van der Waals surface area contributed by atoms with E-state index in [2.05, 4.69) is 30.1 Å². The molecule has 4 heteroatoms. The van der Waals surface area contributed by atoms with E-state index in [0.29, 0.717) is 10.0 Å². The van der Waals surface area contributed by atoms with Gasteiger partial charge in [0.25, 0.3) is 0 Å². The quantitative estimate of drug-likeness (QED) is 0.859. The molecule has 112 valence electrons. The summed E-state index contributed by atoms with van der Waals surface area (Å²) in [5, 5.41) is 4.77. The highest BCUT2D eigenvalue weighted by Gasteiger charge is 2.40. The van der Waals surface area contributed by atoms with Crippen molar-refractivity contribution < 1.29 is 0 Å². The summed E-state index contributed by atoms with van der Waals surface area (Å²) in [5.41, 5.74) is 1.15. The Balaban J connectivity index is 2.40. The number of nitrogens with zero attached hydrogens (tertiary/aromatic N) is 1. The van der Waals surface area contributed by atoms with E-state index < -0.39 is 0 Å². The van der Waals surface area contributed by atoms with Crippen LogP contribution in [0.1, 0.15) is 44.7 Å². The van der Waals surface area contributed by atoms with Crippen molar-refractivity contribution in [3.8, 4) is 0 Å². The molecule has 0 spiro atoms. The maximum Gasteiger partial charge on any atom is 0.0640 e. The lowest BCUT2D eigenvalue weighted by Gasteiger charge is -2.45. The van der Waals surface area contributed by atoms with Gasteiger partial charge in [-0.25, -0.2) is 0 Å². The van der Waals surface area contributed by atoms with Crippen LogP contribution in [0.5, 0.6) is 0 Å². The fourth-order valence-corrected chi connectivity index (χ4v) is 3.80. The molecule has 2 atom stereocenters. The van der Waals surface area contributed by atoms with Crippen molar-refractivity contribution in [2.45, 2.75) is 44.7 Å². The molecule has 2 unspecified atom stereocenters. The number of likely N-dealkylation sites (tertiary alicyclic amines) is 1. The van der Waals surface area contributed by atoms with Crippen molar-refractivity contribution >= 4 is 23.2 Å². The van der Waals surface area contributed by atoms with Crippen molar-refractivity contribution in [3.63, 3.8) is 0 Å². The minimum absolute atomic E-state index is 0.0551. The first kappa shape index (κ1) is 16.1. The van der Waals surface area contributed by atoms with Crippen LogP contribution in [0.15, 0.2) is 18.2 Å². The minimum Gasteiger partial charge on any atom is -0.311 e. The third-order valence-corrected chi connectivity index (χ3v) is 5.58. The largest absolute Gasteiger partial charge is 0.311 e. The molecule has 1 aromatic carbocycles. The van der Waals surface area contributed by atoms with Gasteiger partial charge in [0.05, 0.1) is 16.1 Å². The number of nitrogens with one attached hydrogen (secondary N) is 1. The minimum atomic E-state index is 0.0551. The third-order valence-electron chi connectivity index (χ3n) is 4.75.